The smallest absolute Gasteiger partial charge is 0.416 e. The summed E-state index contributed by atoms with van der Waals surface area (Å²) in [6, 6.07) is 15.0. The predicted octanol–water partition coefficient (Wildman–Crippen LogP) is 7.63. The molecule has 0 radical (unpaired) electrons. The first-order chi connectivity index (χ1) is 13.8. The van der Waals surface area contributed by atoms with Crippen LogP contribution in [0.3, 0.4) is 0 Å². The van der Waals surface area contributed by atoms with E-state index in [1.807, 2.05) is 25.1 Å². The number of ether oxygens (including phenoxy) is 1. The lowest BCUT2D eigenvalue weighted by atomic mass is 10.1. The molecule has 0 aliphatic rings. The third-order valence-corrected chi connectivity index (χ3v) is 6.06. The summed E-state index contributed by atoms with van der Waals surface area (Å²) in [6.07, 6.45) is -3.34. The minimum absolute atomic E-state index is 0.326. The molecule has 150 valence electrons. The van der Waals surface area contributed by atoms with E-state index in [-0.39, 0.29) is 0 Å². The Morgan fingerprint density at radius 1 is 1.00 bits per heavy atom. The van der Waals surface area contributed by atoms with Gasteiger partial charge in [-0.1, -0.05) is 19.1 Å². The molecule has 0 N–H and O–H groups in total. The molecule has 4 aromatic rings. The molecular weight excluding hydrogens is 397 g/mol. The molecule has 2 aromatic carbocycles. The van der Waals surface area contributed by atoms with E-state index < -0.39 is 11.7 Å². The van der Waals surface area contributed by atoms with Crippen molar-refractivity contribution < 1.29 is 22.3 Å². The van der Waals surface area contributed by atoms with E-state index in [1.54, 1.807) is 11.3 Å². The quantitative estimate of drug-likeness (QED) is 0.334. The molecule has 0 saturated heterocycles. The topological polar surface area (TPSA) is 22.4 Å². The molecule has 2 aromatic heterocycles. The molecule has 0 atom stereocenters. The Labute approximate surface area is 170 Å². The van der Waals surface area contributed by atoms with E-state index in [0.717, 1.165) is 29.9 Å². The van der Waals surface area contributed by atoms with Crippen LogP contribution in [0.25, 0.3) is 21.4 Å². The highest BCUT2D eigenvalue weighted by atomic mass is 32.1. The first-order valence-corrected chi connectivity index (χ1v) is 10.1. The van der Waals surface area contributed by atoms with Crippen LogP contribution in [0.5, 0.6) is 5.75 Å². The average Bonchev–Trinajstić information content (AvgIpc) is 3.28. The highest BCUT2D eigenvalue weighted by molar-refractivity contribution is 7.19. The van der Waals surface area contributed by atoms with Crippen LogP contribution in [-0.2, 0) is 19.2 Å². The number of thiophene rings is 1. The van der Waals surface area contributed by atoms with Gasteiger partial charge in [0.25, 0.3) is 0 Å². The predicted molar refractivity (Wildman–Crippen MR) is 109 cm³/mol. The summed E-state index contributed by atoms with van der Waals surface area (Å²) in [5.74, 6) is 1.98. The number of alkyl halides is 3. The van der Waals surface area contributed by atoms with Crippen molar-refractivity contribution in [3.63, 3.8) is 0 Å². The number of benzene rings is 2. The maximum Gasteiger partial charge on any atom is 0.416 e. The van der Waals surface area contributed by atoms with Gasteiger partial charge in [-0.25, -0.2) is 0 Å². The molecule has 29 heavy (non-hydrogen) atoms. The van der Waals surface area contributed by atoms with E-state index in [1.165, 1.54) is 27.1 Å². The monoisotopic (exact) mass is 416 g/mol. The highest BCUT2D eigenvalue weighted by Crippen LogP contribution is 2.33. The first kappa shape index (κ1) is 19.6. The van der Waals surface area contributed by atoms with Gasteiger partial charge in [0.05, 0.1) is 5.56 Å². The summed E-state index contributed by atoms with van der Waals surface area (Å²) < 4.78 is 51.1. The fourth-order valence-electron chi connectivity index (χ4n) is 3.13. The van der Waals surface area contributed by atoms with Gasteiger partial charge in [-0.2, -0.15) is 13.2 Å². The molecule has 0 spiro atoms. The minimum atomic E-state index is -4.35. The van der Waals surface area contributed by atoms with E-state index in [0.29, 0.717) is 23.7 Å². The number of hydrogen-bond acceptors (Lipinski definition) is 3. The lowest BCUT2D eigenvalue weighted by molar-refractivity contribution is -0.137. The van der Waals surface area contributed by atoms with E-state index >= 15 is 0 Å². The fraction of sp³-hybridized carbons (Fsp3) is 0.217. The number of hydrogen-bond donors (Lipinski definition) is 0. The van der Waals surface area contributed by atoms with Crippen molar-refractivity contribution in [2.45, 2.75) is 33.1 Å². The first-order valence-electron chi connectivity index (χ1n) is 9.25. The lowest BCUT2D eigenvalue weighted by Gasteiger charge is -2.06. The van der Waals surface area contributed by atoms with Crippen molar-refractivity contribution in [2.24, 2.45) is 0 Å². The average molecular weight is 416 g/mol. The molecular formula is C23H19F3O2S. The molecule has 0 fully saturated rings. The zero-order chi connectivity index (χ0) is 20.6. The molecule has 0 bridgehead atoms. The summed E-state index contributed by atoms with van der Waals surface area (Å²) in [5, 5.41) is 1.17. The summed E-state index contributed by atoms with van der Waals surface area (Å²) in [7, 11) is 0. The largest absolute Gasteiger partial charge is 0.489 e. The highest BCUT2D eigenvalue weighted by Gasteiger charge is 2.30. The Kier molecular flexibility index (Phi) is 5.13. The van der Waals surface area contributed by atoms with Crippen molar-refractivity contribution in [3.8, 4) is 17.1 Å². The molecule has 6 heteroatoms. The number of halogens is 3. The third kappa shape index (κ3) is 4.17. The Balaban J connectivity index is 1.49. The zero-order valence-electron chi connectivity index (χ0n) is 16.0. The molecule has 0 amide bonds. The van der Waals surface area contributed by atoms with Crippen LogP contribution in [0.2, 0.25) is 0 Å². The Morgan fingerprint density at radius 3 is 2.45 bits per heavy atom. The molecule has 0 saturated carbocycles. The SMILES string of the molecule is CCc1cc2cc(OCc3cc(-c4ccc(C(F)(F)F)cc4)oc3C)ccc2s1. The van der Waals surface area contributed by atoms with Crippen LogP contribution in [0.1, 0.15) is 28.7 Å². The van der Waals surface area contributed by atoms with Gasteiger partial charge in [-0.15, -0.1) is 11.3 Å². The van der Waals surface area contributed by atoms with Gasteiger partial charge in [0.15, 0.2) is 0 Å². The summed E-state index contributed by atoms with van der Waals surface area (Å²) in [5.41, 5.74) is 0.779. The maximum atomic E-state index is 12.7. The molecule has 0 aliphatic heterocycles. The lowest BCUT2D eigenvalue weighted by Crippen LogP contribution is -2.03. The molecule has 0 aliphatic carbocycles. The van der Waals surface area contributed by atoms with Crippen molar-refractivity contribution in [3.05, 3.63) is 76.4 Å². The van der Waals surface area contributed by atoms with Gasteiger partial charge in [0.2, 0.25) is 0 Å². The van der Waals surface area contributed by atoms with Crippen LogP contribution < -0.4 is 4.74 Å². The van der Waals surface area contributed by atoms with Crippen LogP contribution in [0.4, 0.5) is 13.2 Å². The van der Waals surface area contributed by atoms with Crippen molar-refractivity contribution in [1.29, 1.82) is 0 Å². The zero-order valence-corrected chi connectivity index (χ0v) is 16.8. The van der Waals surface area contributed by atoms with Gasteiger partial charge in [-0.3, -0.25) is 0 Å². The summed E-state index contributed by atoms with van der Waals surface area (Å²) in [6.45, 7) is 4.28. The van der Waals surface area contributed by atoms with Gasteiger partial charge in [-0.05, 0) is 61.2 Å². The van der Waals surface area contributed by atoms with E-state index in [4.69, 9.17) is 9.15 Å². The second-order valence-electron chi connectivity index (χ2n) is 6.82. The number of furan rings is 1. The van der Waals surface area contributed by atoms with Crippen LogP contribution in [0.15, 0.2) is 59.0 Å². The molecule has 0 unspecified atom stereocenters. The molecule has 4 rings (SSSR count). The molecule has 2 nitrogen and oxygen atoms in total. The standard InChI is InChI=1S/C23H19F3O2S/c1-3-20-11-16-10-19(8-9-22(16)29-20)27-13-17-12-21(28-14(17)2)15-4-6-18(7-5-15)23(24,25)26/h4-12H,3,13H2,1-2H3. The van der Waals surface area contributed by atoms with Crippen LogP contribution in [0, 0.1) is 6.92 Å². The maximum absolute atomic E-state index is 12.7. The Bertz CT molecular complexity index is 1140. The van der Waals surface area contributed by atoms with E-state index in [2.05, 4.69) is 19.1 Å². The number of aryl methyl sites for hydroxylation is 2. The second-order valence-corrected chi connectivity index (χ2v) is 7.99. The number of rotatable bonds is 5. The van der Waals surface area contributed by atoms with Gasteiger partial charge in [0, 0.05) is 20.7 Å². The van der Waals surface area contributed by atoms with Crippen LogP contribution >= 0.6 is 11.3 Å². The van der Waals surface area contributed by atoms with Gasteiger partial charge in [0.1, 0.15) is 23.9 Å². The van der Waals surface area contributed by atoms with E-state index in [9.17, 15) is 13.2 Å². The van der Waals surface area contributed by atoms with Crippen molar-refractivity contribution in [1.82, 2.24) is 0 Å². The van der Waals surface area contributed by atoms with Gasteiger partial charge >= 0.3 is 6.18 Å². The Morgan fingerprint density at radius 2 is 1.76 bits per heavy atom. The summed E-state index contributed by atoms with van der Waals surface area (Å²) in [4.78, 5) is 1.34. The van der Waals surface area contributed by atoms with Crippen LogP contribution in [-0.4, -0.2) is 0 Å². The normalized spacial score (nSPS) is 11.9. The molecule has 2 heterocycles. The van der Waals surface area contributed by atoms with Crippen molar-refractivity contribution in [2.75, 3.05) is 0 Å². The minimum Gasteiger partial charge on any atom is -0.489 e. The summed E-state index contributed by atoms with van der Waals surface area (Å²) >= 11 is 1.79. The fourth-order valence-corrected chi connectivity index (χ4v) is 4.11. The Hall–Kier alpha value is -2.73. The van der Waals surface area contributed by atoms with Gasteiger partial charge < -0.3 is 9.15 Å². The third-order valence-electron chi connectivity index (χ3n) is 4.80. The second kappa shape index (κ2) is 7.59. The van der Waals surface area contributed by atoms with Crippen molar-refractivity contribution >= 4 is 21.4 Å². The number of fused-ring (bicyclic) bond motifs is 1.